The van der Waals surface area contributed by atoms with E-state index in [1.807, 2.05) is 60.7 Å². The summed E-state index contributed by atoms with van der Waals surface area (Å²) in [5.41, 5.74) is 2.60. The number of aliphatic hydroxyl groups is 1. The first-order chi connectivity index (χ1) is 17.2. The molecule has 2 N–H and O–H groups in total. The number of rotatable bonds is 8. The molecule has 3 aromatic carbocycles. The second kappa shape index (κ2) is 11.1. The van der Waals surface area contributed by atoms with Gasteiger partial charge < -0.3 is 14.6 Å². The molecule has 186 valence electrons. The first kappa shape index (κ1) is 26.3. The molecular formula is C27H25Cl2N3O3S. The molecule has 9 heteroatoms. The minimum atomic E-state index is -0.805. The van der Waals surface area contributed by atoms with E-state index in [1.165, 1.54) is 12.0 Å². The van der Waals surface area contributed by atoms with Crippen LogP contribution in [0.25, 0.3) is 28.2 Å². The van der Waals surface area contributed by atoms with Gasteiger partial charge in [0, 0.05) is 28.7 Å². The van der Waals surface area contributed by atoms with Crippen LogP contribution in [-0.4, -0.2) is 39.8 Å². The Morgan fingerprint density at radius 3 is 2.50 bits per heavy atom. The highest BCUT2D eigenvalue weighted by atomic mass is 35.5. The van der Waals surface area contributed by atoms with E-state index in [2.05, 4.69) is 10.3 Å². The van der Waals surface area contributed by atoms with Gasteiger partial charge >= 0.3 is 0 Å². The number of benzene rings is 3. The fourth-order valence-electron chi connectivity index (χ4n) is 3.62. The highest BCUT2D eigenvalue weighted by molar-refractivity contribution is 7.94. The van der Waals surface area contributed by atoms with Gasteiger partial charge in [-0.05, 0) is 61.4 Å². The number of aromatic nitrogens is 2. The van der Waals surface area contributed by atoms with Crippen LogP contribution in [0, 0.1) is 0 Å². The van der Waals surface area contributed by atoms with Crippen LogP contribution in [0.3, 0.4) is 0 Å². The zero-order valence-electron chi connectivity index (χ0n) is 20.0. The lowest BCUT2D eigenvalue weighted by molar-refractivity contribution is 0.0864. The zero-order valence-corrected chi connectivity index (χ0v) is 22.3. The molecule has 0 saturated heterocycles. The number of carbonyl (C=O) groups excluding carboxylic acids is 1. The van der Waals surface area contributed by atoms with Crippen molar-refractivity contribution >= 4 is 41.2 Å². The molecule has 0 unspecified atom stereocenters. The van der Waals surface area contributed by atoms with Gasteiger partial charge in [-0.3, -0.25) is 9.36 Å². The van der Waals surface area contributed by atoms with Gasteiger partial charge in [0.25, 0.3) is 5.91 Å². The quantitative estimate of drug-likeness (QED) is 0.243. The first-order valence-electron chi connectivity index (χ1n) is 11.1. The maximum absolute atomic E-state index is 13.0. The number of nitrogens with one attached hydrogen (secondary N) is 1. The molecule has 0 atom stereocenters. The van der Waals surface area contributed by atoms with Gasteiger partial charge in [0.2, 0.25) is 0 Å². The lowest BCUT2D eigenvalue weighted by Gasteiger charge is -2.22. The minimum absolute atomic E-state index is 0.177. The van der Waals surface area contributed by atoms with Gasteiger partial charge in [-0.25, -0.2) is 4.98 Å². The predicted octanol–water partition coefficient (Wildman–Crippen LogP) is 6.67. The van der Waals surface area contributed by atoms with Gasteiger partial charge in [0.05, 0.1) is 35.0 Å². The van der Waals surface area contributed by atoms with Gasteiger partial charge in [0.15, 0.2) is 0 Å². The summed E-state index contributed by atoms with van der Waals surface area (Å²) < 4.78 is 6.92. The molecule has 4 rings (SSSR count). The van der Waals surface area contributed by atoms with Gasteiger partial charge in [-0.15, -0.1) is 0 Å². The Balaban J connectivity index is 1.79. The fourth-order valence-corrected chi connectivity index (χ4v) is 4.62. The van der Waals surface area contributed by atoms with E-state index in [1.54, 1.807) is 37.8 Å². The monoisotopic (exact) mass is 541 g/mol. The minimum Gasteiger partial charge on any atom is -0.394 e. The maximum atomic E-state index is 13.0. The Kier molecular flexibility index (Phi) is 8.07. The number of amides is 1. The van der Waals surface area contributed by atoms with E-state index in [0.717, 1.165) is 16.0 Å². The van der Waals surface area contributed by atoms with Crippen molar-refractivity contribution in [1.29, 1.82) is 0 Å². The third-order valence-electron chi connectivity index (χ3n) is 5.45. The SMILES string of the molecule is COSc1cccc(-c2ccc(-n3cc(C(=O)NC(C)(C)CO)nc3-c3ccccc3Cl)c(Cl)c2)c1. The molecule has 0 fully saturated rings. The van der Waals surface area contributed by atoms with E-state index >= 15 is 0 Å². The number of halogens is 2. The Morgan fingerprint density at radius 2 is 1.81 bits per heavy atom. The summed E-state index contributed by atoms with van der Waals surface area (Å²) in [4.78, 5) is 18.5. The molecule has 0 bridgehead atoms. The van der Waals surface area contributed by atoms with Crippen molar-refractivity contribution in [2.24, 2.45) is 0 Å². The molecule has 1 amide bonds. The van der Waals surface area contributed by atoms with Crippen LogP contribution in [0.4, 0.5) is 0 Å². The van der Waals surface area contributed by atoms with Crippen LogP contribution in [0.2, 0.25) is 10.0 Å². The highest BCUT2D eigenvalue weighted by Crippen LogP contribution is 2.34. The lowest BCUT2D eigenvalue weighted by atomic mass is 10.1. The summed E-state index contributed by atoms with van der Waals surface area (Å²) in [6, 6.07) is 21.0. The number of hydrogen-bond donors (Lipinski definition) is 2. The van der Waals surface area contributed by atoms with E-state index in [-0.39, 0.29) is 12.3 Å². The zero-order chi connectivity index (χ0) is 25.9. The van der Waals surface area contributed by atoms with E-state index < -0.39 is 11.4 Å². The molecule has 0 aliphatic heterocycles. The van der Waals surface area contributed by atoms with Crippen molar-refractivity contribution in [3.63, 3.8) is 0 Å². The summed E-state index contributed by atoms with van der Waals surface area (Å²) in [5, 5.41) is 13.3. The van der Waals surface area contributed by atoms with Crippen molar-refractivity contribution in [2.75, 3.05) is 13.7 Å². The average molecular weight is 542 g/mol. The molecule has 1 aromatic heterocycles. The van der Waals surface area contributed by atoms with Crippen LogP contribution in [0.1, 0.15) is 24.3 Å². The average Bonchev–Trinajstić information content (AvgIpc) is 3.29. The van der Waals surface area contributed by atoms with Gasteiger partial charge in [0.1, 0.15) is 11.5 Å². The van der Waals surface area contributed by atoms with Crippen molar-refractivity contribution < 1.29 is 14.1 Å². The van der Waals surface area contributed by atoms with E-state index in [9.17, 15) is 9.90 Å². The third kappa shape index (κ3) is 5.77. The normalized spacial score (nSPS) is 11.5. The van der Waals surface area contributed by atoms with E-state index in [0.29, 0.717) is 27.1 Å². The van der Waals surface area contributed by atoms with Crippen LogP contribution in [-0.2, 0) is 4.18 Å². The Morgan fingerprint density at radius 1 is 1.06 bits per heavy atom. The number of hydrogen-bond acceptors (Lipinski definition) is 5. The molecule has 4 aromatic rings. The number of aliphatic hydroxyl groups excluding tert-OH is 1. The smallest absolute Gasteiger partial charge is 0.271 e. The lowest BCUT2D eigenvalue weighted by Crippen LogP contribution is -2.46. The van der Waals surface area contributed by atoms with Crippen LogP contribution in [0.15, 0.2) is 77.8 Å². The summed E-state index contributed by atoms with van der Waals surface area (Å²) in [6.07, 6.45) is 1.62. The Bertz CT molecular complexity index is 1400. The standard InChI is InChI=1S/C27H25Cl2N3O3S/c1-27(2,16-33)31-26(34)23-15-32(25(30-23)20-9-4-5-10-21(20)28)24-12-11-18(14-22(24)29)17-7-6-8-19(13-17)36-35-3/h4-15,33H,16H2,1-3H3,(H,31,34). The topological polar surface area (TPSA) is 76.4 Å². The number of nitrogens with zero attached hydrogens (tertiary/aromatic N) is 2. The summed E-state index contributed by atoms with van der Waals surface area (Å²) in [5.74, 6) is 0.0574. The fraction of sp³-hybridized carbons (Fsp3) is 0.185. The first-order valence-corrected chi connectivity index (χ1v) is 12.6. The molecule has 1 heterocycles. The summed E-state index contributed by atoms with van der Waals surface area (Å²) in [6.45, 7) is 3.24. The third-order valence-corrected chi connectivity index (χ3v) is 6.70. The molecular weight excluding hydrogens is 517 g/mol. The number of imidazole rings is 1. The largest absolute Gasteiger partial charge is 0.394 e. The predicted molar refractivity (Wildman–Crippen MR) is 146 cm³/mol. The molecule has 0 aliphatic carbocycles. The van der Waals surface area contributed by atoms with Gasteiger partial charge in [-0.2, -0.15) is 0 Å². The Hall–Kier alpha value is -2.81. The maximum Gasteiger partial charge on any atom is 0.271 e. The van der Waals surface area contributed by atoms with Crippen molar-refractivity contribution in [3.8, 4) is 28.2 Å². The molecule has 6 nitrogen and oxygen atoms in total. The van der Waals surface area contributed by atoms with Crippen molar-refractivity contribution in [2.45, 2.75) is 24.3 Å². The van der Waals surface area contributed by atoms with E-state index in [4.69, 9.17) is 27.4 Å². The van der Waals surface area contributed by atoms with Crippen molar-refractivity contribution in [3.05, 3.63) is 88.7 Å². The van der Waals surface area contributed by atoms with Crippen LogP contribution in [0.5, 0.6) is 0 Å². The molecule has 0 spiro atoms. The second-order valence-electron chi connectivity index (χ2n) is 8.74. The molecule has 0 aliphatic rings. The molecule has 36 heavy (non-hydrogen) atoms. The number of carbonyl (C=O) groups is 1. The van der Waals surface area contributed by atoms with Gasteiger partial charge in [-0.1, -0.05) is 53.5 Å². The summed E-state index contributed by atoms with van der Waals surface area (Å²) in [7, 11) is 1.63. The second-order valence-corrected chi connectivity index (χ2v) is 10.5. The Labute approximate surface area is 224 Å². The molecule has 0 radical (unpaired) electrons. The summed E-state index contributed by atoms with van der Waals surface area (Å²) >= 11 is 14.6. The highest BCUT2D eigenvalue weighted by Gasteiger charge is 2.24. The van der Waals surface area contributed by atoms with Crippen LogP contribution < -0.4 is 5.32 Å². The molecule has 0 saturated carbocycles. The van der Waals surface area contributed by atoms with Crippen LogP contribution >= 0.6 is 35.2 Å². The van der Waals surface area contributed by atoms with Crippen molar-refractivity contribution in [1.82, 2.24) is 14.9 Å².